The number of piperidine rings is 1. The molecule has 3 N–H and O–H groups in total. The average Bonchev–Trinajstić information content (AvgIpc) is 2.65. The van der Waals surface area contributed by atoms with E-state index in [2.05, 4.69) is 16.0 Å². The lowest BCUT2D eigenvalue weighted by Crippen LogP contribution is -2.53. The molecule has 1 aromatic rings. The highest BCUT2D eigenvalue weighted by molar-refractivity contribution is 5.97. The third-order valence-corrected chi connectivity index (χ3v) is 5.09. The number of halogens is 1. The van der Waals surface area contributed by atoms with Gasteiger partial charge in [-0.15, -0.1) is 0 Å². The highest BCUT2D eigenvalue weighted by Crippen LogP contribution is 2.28. The third-order valence-electron chi connectivity index (χ3n) is 5.09. The fourth-order valence-corrected chi connectivity index (χ4v) is 3.38. The van der Waals surface area contributed by atoms with Crippen molar-refractivity contribution in [2.24, 2.45) is 11.3 Å². The van der Waals surface area contributed by atoms with Gasteiger partial charge in [0, 0.05) is 24.6 Å². The van der Waals surface area contributed by atoms with Crippen molar-refractivity contribution < 1.29 is 18.7 Å². The van der Waals surface area contributed by atoms with Gasteiger partial charge in [0.15, 0.2) is 0 Å². The first-order chi connectivity index (χ1) is 12.9. The van der Waals surface area contributed by atoms with E-state index < -0.39 is 17.8 Å². The van der Waals surface area contributed by atoms with Crippen LogP contribution in [0.3, 0.4) is 0 Å². The Bertz CT molecular complexity index is 622. The summed E-state index contributed by atoms with van der Waals surface area (Å²) in [6.07, 6.45) is 1.85. The van der Waals surface area contributed by atoms with Crippen molar-refractivity contribution in [2.45, 2.75) is 32.7 Å². The zero-order valence-electron chi connectivity index (χ0n) is 16.3. The van der Waals surface area contributed by atoms with Gasteiger partial charge in [0.1, 0.15) is 11.9 Å². The molecule has 2 rings (SSSR count). The van der Waals surface area contributed by atoms with Crippen molar-refractivity contribution in [1.29, 1.82) is 0 Å². The van der Waals surface area contributed by atoms with E-state index in [1.807, 2.05) is 13.8 Å². The summed E-state index contributed by atoms with van der Waals surface area (Å²) in [4.78, 5) is 25.2. The predicted octanol–water partition coefficient (Wildman–Crippen LogP) is 1.71. The molecule has 0 saturated carbocycles. The molecular formula is C20H30FN3O3. The van der Waals surface area contributed by atoms with Crippen molar-refractivity contribution in [2.75, 3.05) is 33.4 Å². The van der Waals surface area contributed by atoms with Crippen LogP contribution in [0.2, 0.25) is 0 Å². The van der Waals surface area contributed by atoms with Gasteiger partial charge in [-0.3, -0.25) is 9.59 Å². The Labute approximate surface area is 160 Å². The van der Waals surface area contributed by atoms with Crippen LogP contribution in [0.15, 0.2) is 24.3 Å². The molecule has 1 heterocycles. The van der Waals surface area contributed by atoms with Crippen LogP contribution in [0.1, 0.15) is 37.0 Å². The molecule has 0 radical (unpaired) electrons. The van der Waals surface area contributed by atoms with Gasteiger partial charge in [-0.2, -0.15) is 0 Å². The number of ether oxygens (including phenoxy) is 1. The van der Waals surface area contributed by atoms with Crippen LogP contribution in [-0.2, 0) is 9.53 Å². The zero-order valence-corrected chi connectivity index (χ0v) is 16.3. The lowest BCUT2D eigenvalue weighted by Gasteiger charge is -2.37. The summed E-state index contributed by atoms with van der Waals surface area (Å²) >= 11 is 0. The summed E-state index contributed by atoms with van der Waals surface area (Å²) in [7, 11) is 1.67. The van der Waals surface area contributed by atoms with Crippen molar-refractivity contribution in [1.82, 2.24) is 16.0 Å². The number of benzene rings is 1. The molecule has 1 aliphatic rings. The number of carbonyl (C=O) groups is 2. The molecule has 1 aromatic carbocycles. The standard InChI is InChI=1S/C20H30FN3O3/c1-14(2)17(24-18(25)15-4-6-16(21)7-5-15)19(26)23-12-20(13-27-3)8-10-22-11-9-20/h4-7,14,17,22H,8-13H2,1-3H3,(H,23,26)(H,24,25). The summed E-state index contributed by atoms with van der Waals surface area (Å²) in [6.45, 7) is 6.65. The van der Waals surface area contributed by atoms with Crippen LogP contribution in [0.25, 0.3) is 0 Å². The van der Waals surface area contributed by atoms with Crippen molar-refractivity contribution >= 4 is 11.8 Å². The molecule has 0 bridgehead atoms. The minimum Gasteiger partial charge on any atom is -0.384 e. The SMILES string of the molecule is COCC1(CNC(=O)C(NC(=O)c2ccc(F)cc2)C(C)C)CCNCC1. The molecule has 0 aliphatic carbocycles. The van der Waals surface area contributed by atoms with Gasteiger partial charge < -0.3 is 20.7 Å². The first kappa shape index (κ1) is 21.3. The lowest BCUT2D eigenvalue weighted by molar-refractivity contribution is -0.124. The van der Waals surface area contributed by atoms with E-state index in [-0.39, 0.29) is 17.2 Å². The second-order valence-corrected chi connectivity index (χ2v) is 7.60. The molecule has 6 nitrogen and oxygen atoms in total. The van der Waals surface area contributed by atoms with Gasteiger partial charge in [0.2, 0.25) is 5.91 Å². The zero-order chi connectivity index (χ0) is 19.9. The maximum absolute atomic E-state index is 13.0. The van der Waals surface area contributed by atoms with Gasteiger partial charge in [-0.1, -0.05) is 13.8 Å². The summed E-state index contributed by atoms with van der Waals surface area (Å²) in [5.41, 5.74) is 0.238. The summed E-state index contributed by atoms with van der Waals surface area (Å²) in [5.74, 6) is -1.09. The van der Waals surface area contributed by atoms with Crippen LogP contribution in [0.5, 0.6) is 0 Å². The molecule has 27 heavy (non-hydrogen) atoms. The molecule has 1 unspecified atom stereocenters. The Hall–Kier alpha value is -1.99. The van der Waals surface area contributed by atoms with E-state index in [1.54, 1.807) is 7.11 Å². The van der Waals surface area contributed by atoms with Gasteiger partial charge >= 0.3 is 0 Å². The van der Waals surface area contributed by atoms with Crippen LogP contribution in [0.4, 0.5) is 4.39 Å². The Kier molecular flexibility index (Phi) is 7.74. The molecule has 1 fully saturated rings. The summed E-state index contributed by atoms with van der Waals surface area (Å²) < 4.78 is 18.4. The topological polar surface area (TPSA) is 79.5 Å². The molecule has 150 valence electrons. The number of rotatable bonds is 8. The van der Waals surface area contributed by atoms with Gasteiger partial charge in [0.25, 0.3) is 5.91 Å². The van der Waals surface area contributed by atoms with Gasteiger partial charge in [-0.05, 0) is 56.1 Å². The van der Waals surface area contributed by atoms with E-state index in [9.17, 15) is 14.0 Å². The fourth-order valence-electron chi connectivity index (χ4n) is 3.38. The first-order valence-electron chi connectivity index (χ1n) is 9.41. The van der Waals surface area contributed by atoms with E-state index >= 15 is 0 Å². The maximum atomic E-state index is 13.0. The molecule has 2 amide bonds. The number of amides is 2. The Morgan fingerprint density at radius 1 is 1.22 bits per heavy atom. The molecule has 1 saturated heterocycles. The molecule has 7 heteroatoms. The molecular weight excluding hydrogens is 349 g/mol. The minimum absolute atomic E-state index is 0.0826. The minimum atomic E-state index is -0.663. The number of nitrogens with one attached hydrogen (secondary N) is 3. The van der Waals surface area contributed by atoms with E-state index in [0.29, 0.717) is 18.7 Å². The monoisotopic (exact) mass is 379 g/mol. The van der Waals surface area contributed by atoms with E-state index in [1.165, 1.54) is 24.3 Å². The molecule has 0 aromatic heterocycles. The van der Waals surface area contributed by atoms with Crippen molar-refractivity contribution in [3.63, 3.8) is 0 Å². The Morgan fingerprint density at radius 3 is 2.41 bits per heavy atom. The maximum Gasteiger partial charge on any atom is 0.251 e. The van der Waals surface area contributed by atoms with Gasteiger partial charge in [0.05, 0.1) is 6.61 Å². The van der Waals surface area contributed by atoms with Crippen LogP contribution in [-0.4, -0.2) is 51.2 Å². The fraction of sp³-hybridized carbons (Fsp3) is 0.600. The molecule has 1 atom stereocenters. The van der Waals surface area contributed by atoms with E-state index in [4.69, 9.17) is 4.74 Å². The van der Waals surface area contributed by atoms with Crippen LogP contribution >= 0.6 is 0 Å². The van der Waals surface area contributed by atoms with Gasteiger partial charge in [-0.25, -0.2) is 4.39 Å². The Balaban J connectivity index is 1.99. The third kappa shape index (κ3) is 6.01. The second kappa shape index (κ2) is 9.80. The first-order valence-corrected chi connectivity index (χ1v) is 9.41. The number of carbonyl (C=O) groups excluding carboxylic acids is 2. The van der Waals surface area contributed by atoms with Crippen molar-refractivity contribution in [3.8, 4) is 0 Å². The van der Waals surface area contributed by atoms with E-state index in [0.717, 1.165) is 25.9 Å². The summed E-state index contributed by atoms with van der Waals surface area (Å²) in [5, 5.41) is 9.09. The largest absolute Gasteiger partial charge is 0.384 e. The number of hydrogen-bond donors (Lipinski definition) is 3. The molecule has 0 spiro atoms. The highest BCUT2D eigenvalue weighted by Gasteiger charge is 2.34. The highest BCUT2D eigenvalue weighted by atomic mass is 19.1. The number of hydrogen-bond acceptors (Lipinski definition) is 4. The van der Waals surface area contributed by atoms with Crippen molar-refractivity contribution in [3.05, 3.63) is 35.6 Å². The average molecular weight is 379 g/mol. The van der Waals surface area contributed by atoms with Crippen LogP contribution in [0, 0.1) is 17.2 Å². The van der Waals surface area contributed by atoms with Crippen LogP contribution < -0.4 is 16.0 Å². The molecule has 1 aliphatic heterocycles. The Morgan fingerprint density at radius 2 is 1.85 bits per heavy atom. The lowest BCUT2D eigenvalue weighted by atomic mass is 9.79. The predicted molar refractivity (Wildman–Crippen MR) is 102 cm³/mol. The second-order valence-electron chi connectivity index (χ2n) is 7.60. The normalized spacial score (nSPS) is 17.4. The quantitative estimate of drug-likeness (QED) is 0.643. The smallest absolute Gasteiger partial charge is 0.251 e. The number of methoxy groups -OCH3 is 1. The summed E-state index contributed by atoms with van der Waals surface area (Å²) in [6, 6.07) is 4.60.